The summed E-state index contributed by atoms with van der Waals surface area (Å²) in [7, 11) is 0. The molecule has 0 saturated heterocycles. The van der Waals surface area contributed by atoms with Crippen LogP contribution < -0.4 is 0 Å². The molecule has 0 radical (unpaired) electrons. The topological polar surface area (TPSA) is 159 Å². The highest BCUT2D eigenvalue weighted by molar-refractivity contribution is 6.31. The molecule has 2 aromatic heterocycles. The minimum Gasteiger partial charge on any atom is -0.508 e. The number of aliphatic carboxylic acids is 2. The lowest BCUT2D eigenvalue weighted by molar-refractivity contribution is -0.140. The van der Waals surface area contributed by atoms with E-state index in [0.29, 0.717) is 78.3 Å². The number of benzene rings is 4. The van der Waals surface area contributed by atoms with Crippen LogP contribution in [0.3, 0.4) is 0 Å². The number of carboxylic acid groups (broad SMARTS) is 2. The van der Waals surface area contributed by atoms with Gasteiger partial charge in [0.25, 0.3) is 11.8 Å². The van der Waals surface area contributed by atoms with Crippen molar-refractivity contribution in [1.82, 2.24) is 9.13 Å². The molecule has 12 heteroatoms. The number of aromatic nitrogens is 2. The molecule has 0 fully saturated rings. The molecule has 0 aliphatic carbocycles. The fraction of sp³-hybridized carbons (Fsp3) is 0.200. The Morgan fingerprint density at radius 2 is 0.981 bits per heavy atom. The van der Waals surface area contributed by atoms with Crippen LogP contribution in [0.4, 0.5) is 0 Å². The van der Waals surface area contributed by atoms with Gasteiger partial charge >= 0.3 is 11.9 Å². The van der Waals surface area contributed by atoms with Crippen molar-refractivity contribution in [3.05, 3.63) is 129 Å². The van der Waals surface area contributed by atoms with Gasteiger partial charge in [-0.2, -0.15) is 0 Å². The molecule has 0 bridgehead atoms. The smallest absolute Gasteiger partial charge is 0.311 e. The van der Waals surface area contributed by atoms with Gasteiger partial charge in [0.15, 0.2) is 0 Å². The highest BCUT2D eigenvalue weighted by Crippen LogP contribution is 2.40. The number of carbonyl (C=O) groups is 4. The first-order valence-corrected chi connectivity index (χ1v) is 17.3. The summed E-state index contributed by atoms with van der Waals surface area (Å²) in [5.74, 6) is -5.45. The summed E-state index contributed by atoms with van der Waals surface area (Å²) >= 11 is 12.3. The molecular formula is C40H34Cl2N2O8. The average Bonchev–Trinajstić information content (AvgIpc) is 3.53. The number of rotatable bonds is 11. The zero-order valence-electron chi connectivity index (χ0n) is 28.1. The number of phenols is 2. The van der Waals surface area contributed by atoms with Crippen molar-refractivity contribution in [3.8, 4) is 11.5 Å². The van der Waals surface area contributed by atoms with Crippen molar-refractivity contribution in [3.63, 3.8) is 0 Å². The summed E-state index contributed by atoms with van der Waals surface area (Å²) in [4.78, 5) is 53.1. The lowest BCUT2D eigenvalue weighted by Crippen LogP contribution is -2.17. The lowest BCUT2D eigenvalue weighted by atomic mass is 9.88. The minimum atomic E-state index is -1.13. The summed E-state index contributed by atoms with van der Waals surface area (Å²) in [6.45, 7) is 3.31. The number of fused-ring (bicyclic) bond motifs is 2. The fourth-order valence-electron chi connectivity index (χ4n) is 7.25. The summed E-state index contributed by atoms with van der Waals surface area (Å²) in [6.07, 6.45) is 0.825. The molecule has 0 aliphatic rings. The van der Waals surface area contributed by atoms with Crippen molar-refractivity contribution < 1.29 is 39.6 Å². The second-order valence-electron chi connectivity index (χ2n) is 12.8. The van der Waals surface area contributed by atoms with Crippen molar-refractivity contribution in [1.29, 1.82) is 0 Å². The van der Waals surface area contributed by atoms with Crippen molar-refractivity contribution in [2.75, 3.05) is 0 Å². The Bertz CT molecular complexity index is 2240. The number of carboxylic acids is 2. The standard InChI is InChI=1S/C40H34Cl2N2O8/c1-21-35(31-19-27(45)13-15-33(31)43(21)37(47)23-7-5-9-25(41)17-23)29(39(49)50)11-3-4-12-30(40(51)52)36-22(2)44(34-16-14-28(46)20-32(34)36)38(48)24-8-6-10-26(42)18-24/h5-10,13-20,29-30,45-46H,3-4,11-12H2,1-2H3,(H,49,50)(H,51,52). The summed E-state index contributed by atoms with van der Waals surface area (Å²) in [5.41, 5.74) is 3.00. The van der Waals surface area contributed by atoms with E-state index in [-0.39, 0.29) is 24.3 Å². The largest absolute Gasteiger partial charge is 0.508 e. The normalized spacial score (nSPS) is 12.6. The van der Waals surface area contributed by atoms with E-state index in [4.69, 9.17) is 23.2 Å². The molecule has 4 aromatic carbocycles. The van der Waals surface area contributed by atoms with Crippen LogP contribution in [0.25, 0.3) is 21.8 Å². The molecule has 4 N–H and O–H groups in total. The van der Waals surface area contributed by atoms with Gasteiger partial charge in [-0.1, -0.05) is 48.2 Å². The summed E-state index contributed by atoms with van der Waals surface area (Å²) < 4.78 is 2.84. The number of unbranched alkanes of at least 4 members (excludes halogenated alkanes) is 1. The van der Waals surface area contributed by atoms with Gasteiger partial charge in [0, 0.05) is 43.3 Å². The Morgan fingerprint density at radius 1 is 0.596 bits per heavy atom. The maximum Gasteiger partial charge on any atom is 0.311 e. The van der Waals surface area contributed by atoms with Crippen molar-refractivity contribution >= 4 is 68.8 Å². The molecule has 0 aliphatic heterocycles. The van der Waals surface area contributed by atoms with Crippen molar-refractivity contribution in [2.24, 2.45) is 0 Å². The molecule has 2 heterocycles. The number of hydrogen-bond donors (Lipinski definition) is 4. The van der Waals surface area contributed by atoms with E-state index in [9.17, 15) is 39.6 Å². The third kappa shape index (κ3) is 6.75. The van der Waals surface area contributed by atoms with E-state index in [0.717, 1.165) is 0 Å². The van der Waals surface area contributed by atoms with Gasteiger partial charge in [-0.15, -0.1) is 0 Å². The highest BCUT2D eigenvalue weighted by Gasteiger charge is 2.32. The van der Waals surface area contributed by atoms with E-state index < -0.39 is 35.6 Å². The number of carbonyl (C=O) groups excluding carboxylic acids is 2. The molecule has 266 valence electrons. The van der Waals surface area contributed by atoms with Crippen LogP contribution in [0.15, 0.2) is 84.9 Å². The number of halogens is 2. The first-order chi connectivity index (χ1) is 24.8. The Labute approximate surface area is 308 Å². The zero-order valence-corrected chi connectivity index (χ0v) is 29.7. The fourth-order valence-corrected chi connectivity index (χ4v) is 7.63. The van der Waals surface area contributed by atoms with Gasteiger partial charge in [-0.05, 0) is 111 Å². The monoisotopic (exact) mass is 740 g/mol. The van der Waals surface area contributed by atoms with Crippen LogP contribution in [0.2, 0.25) is 10.0 Å². The van der Waals surface area contributed by atoms with E-state index in [1.165, 1.54) is 45.5 Å². The maximum absolute atomic E-state index is 13.7. The van der Waals surface area contributed by atoms with Crippen molar-refractivity contribution in [2.45, 2.75) is 51.4 Å². The van der Waals surface area contributed by atoms with E-state index in [1.807, 2.05) is 0 Å². The molecule has 0 saturated carbocycles. The third-order valence-corrected chi connectivity index (χ3v) is 10.0. The van der Waals surface area contributed by atoms with Crippen LogP contribution in [0.5, 0.6) is 11.5 Å². The quantitative estimate of drug-likeness (QED) is 0.0959. The summed E-state index contributed by atoms with van der Waals surface area (Å²) in [6, 6.07) is 21.7. The first kappa shape index (κ1) is 36.2. The van der Waals surface area contributed by atoms with Gasteiger partial charge in [0.1, 0.15) is 11.5 Å². The van der Waals surface area contributed by atoms with E-state index in [1.54, 1.807) is 62.4 Å². The Hall–Kier alpha value is -5.58. The zero-order chi connectivity index (χ0) is 37.4. The first-order valence-electron chi connectivity index (χ1n) is 16.5. The molecule has 6 rings (SSSR count). The molecule has 6 aromatic rings. The summed E-state index contributed by atoms with van der Waals surface area (Å²) in [5, 5.41) is 43.2. The Morgan fingerprint density at radius 3 is 1.33 bits per heavy atom. The van der Waals surface area contributed by atoms with Crippen LogP contribution in [-0.2, 0) is 9.59 Å². The molecule has 2 atom stereocenters. The average molecular weight is 742 g/mol. The van der Waals surface area contributed by atoms with Gasteiger partial charge in [-0.3, -0.25) is 28.3 Å². The second kappa shape index (κ2) is 14.6. The molecule has 0 spiro atoms. The highest BCUT2D eigenvalue weighted by atomic mass is 35.5. The van der Waals surface area contributed by atoms with E-state index >= 15 is 0 Å². The second-order valence-corrected chi connectivity index (χ2v) is 13.6. The van der Waals surface area contributed by atoms with Gasteiger partial charge in [-0.25, -0.2) is 0 Å². The SMILES string of the molecule is Cc1c(C(CCCCC(C(=O)O)c2c(C)n(C(=O)c3cccc(Cl)c3)c3ccc(O)cc23)C(=O)O)c2cc(O)ccc2n1C(=O)c1cccc(Cl)c1. The maximum atomic E-state index is 13.7. The molecule has 0 amide bonds. The Kier molecular flexibility index (Phi) is 10.2. The number of nitrogens with zero attached hydrogens (tertiary/aromatic N) is 2. The van der Waals surface area contributed by atoms with Gasteiger partial charge in [0.2, 0.25) is 0 Å². The third-order valence-electron chi connectivity index (χ3n) is 9.55. The van der Waals surface area contributed by atoms with E-state index in [2.05, 4.69) is 0 Å². The predicted molar refractivity (Wildman–Crippen MR) is 198 cm³/mol. The number of phenolic OH excluding ortho intramolecular Hbond substituents is 2. The predicted octanol–water partition coefficient (Wildman–Crippen LogP) is 8.90. The van der Waals surface area contributed by atoms with Gasteiger partial charge in [0.05, 0.1) is 22.9 Å². The van der Waals surface area contributed by atoms with Crippen LogP contribution in [0.1, 0.15) is 80.7 Å². The van der Waals surface area contributed by atoms with Gasteiger partial charge < -0.3 is 20.4 Å². The van der Waals surface area contributed by atoms with Crippen LogP contribution >= 0.6 is 23.2 Å². The Balaban J connectivity index is 1.30. The molecule has 10 nitrogen and oxygen atoms in total. The molecule has 2 unspecified atom stereocenters. The lowest BCUT2D eigenvalue weighted by Gasteiger charge is -2.17. The van der Waals surface area contributed by atoms with Crippen LogP contribution in [0, 0.1) is 13.8 Å². The molecule has 52 heavy (non-hydrogen) atoms. The molecular weight excluding hydrogens is 707 g/mol. The minimum absolute atomic E-state index is 0.0936. The number of aromatic hydroxyl groups is 2. The number of hydrogen-bond acceptors (Lipinski definition) is 6. The van der Waals surface area contributed by atoms with Crippen LogP contribution in [-0.4, -0.2) is 53.3 Å².